The lowest BCUT2D eigenvalue weighted by atomic mass is 10.1. The number of carbonyl (C=O) groups excluding carboxylic acids is 2. The molecule has 1 aromatic carbocycles. The molecule has 1 saturated heterocycles. The number of hydrogen-bond donors (Lipinski definition) is 3. The van der Waals surface area contributed by atoms with Crippen molar-refractivity contribution < 1.29 is 9.59 Å². The molecule has 0 aliphatic carbocycles. The molecule has 0 unspecified atom stereocenters. The molecule has 2 aromatic rings. The monoisotopic (exact) mass is 382 g/mol. The molecule has 28 heavy (non-hydrogen) atoms. The summed E-state index contributed by atoms with van der Waals surface area (Å²) in [6.45, 7) is 6.66. The molecule has 0 bridgehead atoms. The molecule has 1 aliphatic rings. The lowest BCUT2D eigenvalue weighted by Crippen LogP contribution is -2.37. The minimum atomic E-state index is -0.0755. The minimum Gasteiger partial charge on any atom is -0.368 e. The summed E-state index contributed by atoms with van der Waals surface area (Å²) in [5.74, 6) is 0.688. The van der Waals surface area contributed by atoms with Crippen LogP contribution in [0.5, 0.6) is 0 Å². The molecule has 1 aliphatic heterocycles. The van der Waals surface area contributed by atoms with Gasteiger partial charge in [-0.1, -0.05) is 12.1 Å². The van der Waals surface area contributed by atoms with E-state index in [0.717, 1.165) is 12.0 Å². The number of anilines is 2. The number of hydrogen-bond acceptors (Lipinski definition) is 6. The van der Waals surface area contributed by atoms with Crippen molar-refractivity contribution in [2.24, 2.45) is 0 Å². The van der Waals surface area contributed by atoms with E-state index in [1.54, 1.807) is 11.0 Å². The van der Waals surface area contributed by atoms with Crippen LogP contribution in [-0.4, -0.2) is 51.9 Å². The molecular weight excluding hydrogens is 356 g/mol. The number of nitrogen functional groups attached to an aromatic ring is 1. The highest BCUT2D eigenvalue weighted by molar-refractivity contribution is 5.95. The number of nitrogens with two attached hydrogens (primary N) is 1. The average Bonchev–Trinajstić information content (AvgIpc) is 3.08. The number of likely N-dealkylation sites (tertiary alicyclic amines) is 1. The van der Waals surface area contributed by atoms with Crippen LogP contribution in [0.1, 0.15) is 37.6 Å². The Balaban J connectivity index is 1.80. The Hall–Kier alpha value is -3.16. The van der Waals surface area contributed by atoms with Gasteiger partial charge in [0, 0.05) is 49.3 Å². The predicted molar refractivity (Wildman–Crippen MR) is 109 cm³/mol. The molecule has 148 valence electrons. The first-order valence-electron chi connectivity index (χ1n) is 9.39. The van der Waals surface area contributed by atoms with Crippen LogP contribution in [0.25, 0.3) is 11.3 Å². The van der Waals surface area contributed by atoms with Gasteiger partial charge in [-0.05, 0) is 32.4 Å². The topological polar surface area (TPSA) is 113 Å². The van der Waals surface area contributed by atoms with Gasteiger partial charge in [-0.25, -0.2) is 4.98 Å². The van der Waals surface area contributed by atoms with E-state index in [1.807, 2.05) is 38.1 Å². The summed E-state index contributed by atoms with van der Waals surface area (Å²) in [5.41, 5.74) is 7.88. The van der Waals surface area contributed by atoms with Crippen LogP contribution in [0.4, 0.5) is 11.8 Å². The Morgan fingerprint density at radius 3 is 2.75 bits per heavy atom. The number of amides is 2. The van der Waals surface area contributed by atoms with Crippen molar-refractivity contribution in [3.63, 3.8) is 0 Å². The molecule has 3 rings (SSSR count). The molecule has 2 amide bonds. The first-order chi connectivity index (χ1) is 13.3. The van der Waals surface area contributed by atoms with Crippen LogP contribution in [0.2, 0.25) is 0 Å². The van der Waals surface area contributed by atoms with E-state index in [0.29, 0.717) is 30.2 Å². The van der Waals surface area contributed by atoms with Gasteiger partial charge in [0.1, 0.15) is 5.82 Å². The van der Waals surface area contributed by atoms with Crippen molar-refractivity contribution in [3.8, 4) is 11.3 Å². The Morgan fingerprint density at radius 1 is 1.25 bits per heavy atom. The number of rotatable bonds is 5. The third kappa shape index (κ3) is 4.76. The van der Waals surface area contributed by atoms with E-state index in [1.165, 1.54) is 6.92 Å². The smallest absolute Gasteiger partial charge is 0.253 e. The Labute approximate surface area is 164 Å². The van der Waals surface area contributed by atoms with Crippen molar-refractivity contribution in [2.75, 3.05) is 24.1 Å². The zero-order valence-electron chi connectivity index (χ0n) is 16.4. The van der Waals surface area contributed by atoms with Crippen molar-refractivity contribution in [1.82, 2.24) is 20.2 Å². The largest absolute Gasteiger partial charge is 0.368 e. The minimum absolute atomic E-state index is 0.0101. The Bertz CT molecular complexity index is 883. The van der Waals surface area contributed by atoms with Crippen LogP contribution in [0.15, 0.2) is 30.3 Å². The van der Waals surface area contributed by atoms with Crippen LogP contribution in [0.3, 0.4) is 0 Å². The lowest BCUT2D eigenvalue weighted by Gasteiger charge is -2.17. The van der Waals surface area contributed by atoms with Crippen LogP contribution in [-0.2, 0) is 4.79 Å². The highest BCUT2D eigenvalue weighted by Crippen LogP contribution is 2.23. The van der Waals surface area contributed by atoms with Crippen molar-refractivity contribution in [1.29, 1.82) is 0 Å². The molecule has 8 nitrogen and oxygen atoms in total. The van der Waals surface area contributed by atoms with Gasteiger partial charge in [0.05, 0.1) is 5.69 Å². The quantitative estimate of drug-likeness (QED) is 0.728. The van der Waals surface area contributed by atoms with E-state index in [4.69, 9.17) is 5.73 Å². The second-order valence-corrected chi connectivity index (χ2v) is 7.31. The predicted octanol–water partition coefficient (Wildman–Crippen LogP) is 1.90. The molecule has 1 fully saturated rings. The third-order valence-corrected chi connectivity index (χ3v) is 4.47. The van der Waals surface area contributed by atoms with Gasteiger partial charge in [0.25, 0.3) is 5.91 Å². The first kappa shape index (κ1) is 19.6. The summed E-state index contributed by atoms with van der Waals surface area (Å²) >= 11 is 0. The lowest BCUT2D eigenvalue weighted by molar-refractivity contribution is -0.119. The maximum Gasteiger partial charge on any atom is 0.253 e. The van der Waals surface area contributed by atoms with Crippen molar-refractivity contribution in [3.05, 3.63) is 35.9 Å². The van der Waals surface area contributed by atoms with Gasteiger partial charge in [0.15, 0.2) is 0 Å². The van der Waals surface area contributed by atoms with E-state index in [2.05, 4.69) is 20.6 Å². The summed E-state index contributed by atoms with van der Waals surface area (Å²) in [7, 11) is 0. The van der Waals surface area contributed by atoms with E-state index in [-0.39, 0.29) is 29.8 Å². The second kappa shape index (κ2) is 8.24. The molecule has 1 aromatic heterocycles. The van der Waals surface area contributed by atoms with Gasteiger partial charge in [-0.2, -0.15) is 4.98 Å². The average molecular weight is 382 g/mol. The van der Waals surface area contributed by atoms with Gasteiger partial charge in [0.2, 0.25) is 11.9 Å². The van der Waals surface area contributed by atoms with Crippen LogP contribution in [0, 0.1) is 0 Å². The standard InChI is InChI=1S/C20H26N6O2/c1-12(2)22-18-10-17(24-20(21)25-18)14-5-4-6-15(9-14)19(28)26-8-7-16(11-26)23-13(3)27/h4-6,9-10,12,16H,7-8,11H2,1-3H3,(H,23,27)(H3,21,22,24,25)/t16-/m1/s1. The molecule has 0 saturated carbocycles. The van der Waals surface area contributed by atoms with E-state index >= 15 is 0 Å². The molecule has 8 heteroatoms. The molecule has 4 N–H and O–H groups in total. The first-order valence-corrected chi connectivity index (χ1v) is 9.39. The van der Waals surface area contributed by atoms with Gasteiger partial charge in [-0.3, -0.25) is 9.59 Å². The van der Waals surface area contributed by atoms with Crippen molar-refractivity contribution >= 4 is 23.6 Å². The highest BCUT2D eigenvalue weighted by Gasteiger charge is 2.27. The molecular formula is C20H26N6O2. The maximum absolute atomic E-state index is 12.9. The summed E-state index contributed by atoms with van der Waals surface area (Å²) in [4.78, 5) is 34.4. The number of aromatic nitrogens is 2. The second-order valence-electron chi connectivity index (χ2n) is 7.31. The van der Waals surface area contributed by atoms with E-state index < -0.39 is 0 Å². The van der Waals surface area contributed by atoms with Crippen LogP contribution >= 0.6 is 0 Å². The van der Waals surface area contributed by atoms with Crippen molar-refractivity contribution in [2.45, 2.75) is 39.3 Å². The number of nitrogens with zero attached hydrogens (tertiary/aromatic N) is 3. The molecule has 2 heterocycles. The number of carbonyl (C=O) groups is 2. The Kier molecular flexibility index (Phi) is 5.77. The summed E-state index contributed by atoms with van der Waals surface area (Å²) in [5, 5.41) is 6.09. The third-order valence-electron chi connectivity index (χ3n) is 4.47. The number of benzene rings is 1. The summed E-state index contributed by atoms with van der Waals surface area (Å²) in [6.07, 6.45) is 0.762. The summed E-state index contributed by atoms with van der Waals surface area (Å²) < 4.78 is 0. The zero-order valence-corrected chi connectivity index (χ0v) is 16.4. The fraction of sp³-hybridized carbons (Fsp3) is 0.400. The molecule has 1 atom stereocenters. The molecule has 0 spiro atoms. The molecule has 0 radical (unpaired) electrons. The zero-order chi connectivity index (χ0) is 20.3. The van der Waals surface area contributed by atoms with Gasteiger partial charge in [-0.15, -0.1) is 0 Å². The van der Waals surface area contributed by atoms with Gasteiger partial charge < -0.3 is 21.3 Å². The fourth-order valence-electron chi connectivity index (χ4n) is 3.33. The SMILES string of the molecule is CC(=O)N[C@@H]1CCN(C(=O)c2cccc(-c3cc(NC(C)C)nc(N)n3)c2)C1. The van der Waals surface area contributed by atoms with Gasteiger partial charge >= 0.3 is 0 Å². The highest BCUT2D eigenvalue weighted by atomic mass is 16.2. The fourth-order valence-corrected chi connectivity index (χ4v) is 3.33. The maximum atomic E-state index is 12.9. The normalized spacial score (nSPS) is 16.3. The van der Waals surface area contributed by atoms with Crippen LogP contribution < -0.4 is 16.4 Å². The Morgan fingerprint density at radius 2 is 2.04 bits per heavy atom. The summed E-state index contributed by atoms with van der Waals surface area (Å²) in [6, 6.07) is 9.37. The number of nitrogens with one attached hydrogen (secondary N) is 2. The van der Waals surface area contributed by atoms with E-state index in [9.17, 15) is 9.59 Å².